The van der Waals surface area contributed by atoms with Gasteiger partial charge in [0.1, 0.15) is 11.6 Å². The van der Waals surface area contributed by atoms with Gasteiger partial charge in [-0.2, -0.15) is 5.26 Å². The molecule has 0 fully saturated rings. The van der Waals surface area contributed by atoms with Crippen LogP contribution in [0.15, 0.2) is 46.6 Å². The zero-order valence-corrected chi connectivity index (χ0v) is 11.5. The Labute approximate surface area is 124 Å². The number of fused-ring (bicyclic) bond motifs is 1. The first-order valence-corrected chi connectivity index (χ1v) is 6.51. The fourth-order valence-electron chi connectivity index (χ4n) is 2.37. The van der Waals surface area contributed by atoms with Gasteiger partial charge in [0, 0.05) is 0 Å². The molecule has 1 aromatic carbocycles. The smallest absolute Gasteiger partial charge is 0.259 e. The Balaban J connectivity index is 2.34. The standard InChI is InChI=1S/C14H10N4O2S/c15-6-8-9(7-4-2-1-3-5-7)10-12(19)17-14(21)18-13(10)20-11(8)16/h1-5,9H,16H2,(H2,17,18,19,21)/t9-/m1/s1. The van der Waals surface area contributed by atoms with Crippen LogP contribution in [-0.4, -0.2) is 9.97 Å². The Bertz CT molecular complexity index is 890. The molecule has 6 nitrogen and oxygen atoms in total. The summed E-state index contributed by atoms with van der Waals surface area (Å²) in [6.45, 7) is 0. The molecule has 7 heteroatoms. The number of nitrogens with two attached hydrogens (primary N) is 1. The van der Waals surface area contributed by atoms with Gasteiger partial charge in [-0.25, -0.2) is 0 Å². The van der Waals surface area contributed by atoms with E-state index in [2.05, 4.69) is 9.97 Å². The highest BCUT2D eigenvalue weighted by Gasteiger charge is 2.33. The van der Waals surface area contributed by atoms with Gasteiger partial charge in [0.05, 0.1) is 11.5 Å². The molecular weight excluding hydrogens is 288 g/mol. The van der Waals surface area contributed by atoms with E-state index in [9.17, 15) is 10.1 Å². The normalized spacial score (nSPS) is 16.8. The van der Waals surface area contributed by atoms with E-state index in [1.807, 2.05) is 36.4 Å². The third kappa shape index (κ3) is 2.11. The van der Waals surface area contributed by atoms with E-state index in [1.54, 1.807) is 0 Å². The third-order valence-electron chi connectivity index (χ3n) is 3.25. The van der Waals surface area contributed by atoms with Crippen molar-refractivity contribution >= 4 is 12.2 Å². The number of benzene rings is 1. The number of nitriles is 1. The van der Waals surface area contributed by atoms with Crippen LogP contribution < -0.4 is 16.0 Å². The number of aromatic nitrogens is 2. The largest absolute Gasteiger partial charge is 0.424 e. The molecular formula is C14H10N4O2S. The number of H-pyrrole nitrogens is 2. The maximum absolute atomic E-state index is 12.2. The summed E-state index contributed by atoms with van der Waals surface area (Å²) in [7, 11) is 0. The highest BCUT2D eigenvalue weighted by atomic mass is 32.1. The minimum Gasteiger partial charge on any atom is -0.424 e. The first kappa shape index (κ1) is 13.1. The molecule has 0 spiro atoms. The quantitative estimate of drug-likeness (QED) is 0.694. The van der Waals surface area contributed by atoms with Gasteiger partial charge in [-0.1, -0.05) is 30.3 Å². The lowest BCUT2D eigenvalue weighted by Crippen LogP contribution is -2.28. The van der Waals surface area contributed by atoms with Crippen LogP contribution in [0.5, 0.6) is 5.88 Å². The second-order valence-electron chi connectivity index (χ2n) is 4.49. The van der Waals surface area contributed by atoms with Crippen molar-refractivity contribution in [1.29, 1.82) is 5.26 Å². The molecule has 0 saturated heterocycles. The molecule has 1 aliphatic rings. The van der Waals surface area contributed by atoms with Gasteiger partial charge in [0.15, 0.2) is 4.77 Å². The van der Waals surface area contributed by atoms with Crippen molar-refractivity contribution in [3.05, 3.63) is 68.0 Å². The maximum atomic E-state index is 12.2. The van der Waals surface area contributed by atoms with E-state index in [-0.39, 0.29) is 22.1 Å². The zero-order chi connectivity index (χ0) is 15.0. The van der Waals surface area contributed by atoms with Crippen molar-refractivity contribution in [2.24, 2.45) is 5.73 Å². The molecule has 0 amide bonds. The van der Waals surface area contributed by atoms with Crippen molar-refractivity contribution in [1.82, 2.24) is 9.97 Å². The molecule has 0 saturated carbocycles. The first-order valence-electron chi connectivity index (χ1n) is 6.11. The molecule has 3 rings (SSSR count). The van der Waals surface area contributed by atoms with E-state index in [1.165, 1.54) is 0 Å². The van der Waals surface area contributed by atoms with Crippen LogP contribution in [0.4, 0.5) is 0 Å². The Hall–Kier alpha value is -2.85. The Morgan fingerprint density at radius 3 is 2.67 bits per heavy atom. The Kier molecular flexibility index (Phi) is 3.08. The lowest BCUT2D eigenvalue weighted by molar-refractivity contribution is 0.374. The molecule has 2 aromatic rings. The summed E-state index contributed by atoms with van der Waals surface area (Å²) >= 11 is 4.92. The van der Waals surface area contributed by atoms with Gasteiger partial charge in [-0.15, -0.1) is 0 Å². The summed E-state index contributed by atoms with van der Waals surface area (Å²) in [5, 5.41) is 9.35. The molecule has 1 atom stereocenters. The van der Waals surface area contributed by atoms with Crippen LogP contribution in [0.3, 0.4) is 0 Å². The second kappa shape index (κ2) is 4.92. The van der Waals surface area contributed by atoms with Crippen LogP contribution in [-0.2, 0) is 0 Å². The molecule has 21 heavy (non-hydrogen) atoms. The van der Waals surface area contributed by atoms with Crippen LogP contribution in [0.2, 0.25) is 0 Å². The fraction of sp³-hybridized carbons (Fsp3) is 0.0714. The summed E-state index contributed by atoms with van der Waals surface area (Å²) in [6, 6.07) is 11.2. The number of aromatic amines is 2. The molecule has 0 radical (unpaired) electrons. The van der Waals surface area contributed by atoms with Gasteiger partial charge >= 0.3 is 0 Å². The van der Waals surface area contributed by atoms with Crippen molar-refractivity contribution in [3.8, 4) is 11.9 Å². The van der Waals surface area contributed by atoms with Gasteiger partial charge in [0.2, 0.25) is 11.8 Å². The van der Waals surface area contributed by atoms with E-state index in [4.69, 9.17) is 22.7 Å². The highest BCUT2D eigenvalue weighted by molar-refractivity contribution is 7.71. The number of hydrogen-bond acceptors (Lipinski definition) is 5. The average molecular weight is 298 g/mol. The number of nitrogens with one attached hydrogen (secondary N) is 2. The molecule has 1 aromatic heterocycles. The highest BCUT2D eigenvalue weighted by Crippen LogP contribution is 2.38. The van der Waals surface area contributed by atoms with Gasteiger partial charge in [-0.3, -0.25) is 9.78 Å². The van der Waals surface area contributed by atoms with Crippen LogP contribution in [0.1, 0.15) is 17.0 Å². The van der Waals surface area contributed by atoms with E-state index in [0.29, 0.717) is 5.56 Å². The summed E-state index contributed by atoms with van der Waals surface area (Å²) < 4.78 is 5.48. The second-order valence-corrected chi connectivity index (χ2v) is 4.89. The van der Waals surface area contributed by atoms with Crippen molar-refractivity contribution in [3.63, 3.8) is 0 Å². The number of hydrogen-bond donors (Lipinski definition) is 3. The number of rotatable bonds is 1. The molecule has 104 valence electrons. The Morgan fingerprint density at radius 2 is 2.00 bits per heavy atom. The zero-order valence-electron chi connectivity index (χ0n) is 10.7. The topological polar surface area (TPSA) is 108 Å². The average Bonchev–Trinajstić information content (AvgIpc) is 2.46. The molecule has 0 aliphatic carbocycles. The molecule has 2 heterocycles. The lowest BCUT2D eigenvalue weighted by Gasteiger charge is -2.24. The van der Waals surface area contributed by atoms with Gasteiger partial charge in [0.25, 0.3) is 5.56 Å². The third-order valence-corrected chi connectivity index (χ3v) is 3.46. The van der Waals surface area contributed by atoms with Gasteiger partial charge in [-0.05, 0) is 17.8 Å². The Morgan fingerprint density at radius 1 is 1.29 bits per heavy atom. The number of nitrogens with zero attached hydrogens (tertiary/aromatic N) is 1. The first-order chi connectivity index (χ1) is 10.1. The summed E-state index contributed by atoms with van der Waals surface area (Å²) in [5.41, 5.74) is 6.67. The SMILES string of the molecule is N#CC1=C(N)Oc2[nH]c(=S)[nH]c(=O)c2[C@@H]1c1ccccc1. The number of allylic oxidation sites excluding steroid dienone is 1. The van der Waals surface area contributed by atoms with Gasteiger partial charge < -0.3 is 15.5 Å². The van der Waals surface area contributed by atoms with Crippen molar-refractivity contribution in [2.75, 3.05) is 0 Å². The van der Waals surface area contributed by atoms with Crippen LogP contribution in [0, 0.1) is 16.1 Å². The minimum atomic E-state index is -0.587. The predicted molar refractivity (Wildman–Crippen MR) is 78.0 cm³/mol. The summed E-state index contributed by atoms with van der Waals surface area (Å²) in [6.07, 6.45) is 0. The summed E-state index contributed by atoms with van der Waals surface area (Å²) in [4.78, 5) is 17.5. The molecule has 4 N–H and O–H groups in total. The maximum Gasteiger partial charge on any atom is 0.259 e. The minimum absolute atomic E-state index is 0.0323. The monoisotopic (exact) mass is 298 g/mol. The summed E-state index contributed by atoms with van der Waals surface area (Å²) in [5.74, 6) is -0.445. The van der Waals surface area contributed by atoms with E-state index >= 15 is 0 Å². The van der Waals surface area contributed by atoms with E-state index in [0.717, 1.165) is 5.56 Å². The predicted octanol–water partition coefficient (Wildman–Crippen LogP) is 1.65. The van der Waals surface area contributed by atoms with Crippen molar-refractivity contribution < 1.29 is 4.74 Å². The number of ether oxygens (including phenoxy) is 1. The fourth-order valence-corrected chi connectivity index (χ4v) is 2.55. The van der Waals surface area contributed by atoms with Crippen LogP contribution in [0.25, 0.3) is 0 Å². The van der Waals surface area contributed by atoms with Crippen LogP contribution >= 0.6 is 12.2 Å². The van der Waals surface area contributed by atoms with Crippen molar-refractivity contribution in [2.45, 2.75) is 5.92 Å². The van der Waals surface area contributed by atoms with E-state index < -0.39 is 11.5 Å². The molecule has 0 unspecified atom stereocenters. The molecule has 1 aliphatic heterocycles. The lowest BCUT2D eigenvalue weighted by atomic mass is 9.85. The molecule has 0 bridgehead atoms.